The lowest BCUT2D eigenvalue weighted by Crippen LogP contribution is -2.13. The third-order valence-corrected chi connectivity index (χ3v) is 3.42. The number of H-pyrrole nitrogens is 1. The number of methoxy groups -OCH3 is 1. The molecule has 21 heavy (non-hydrogen) atoms. The van der Waals surface area contributed by atoms with Crippen LogP contribution in [-0.4, -0.2) is 18.0 Å². The summed E-state index contributed by atoms with van der Waals surface area (Å²) in [6, 6.07) is 14.6. The molecular formula is C16H13ClN2O2. The maximum absolute atomic E-state index is 12.3. The largest absolute Gasteiger partial charge is 0.495 e. The van der Waals surface area contributed by atoms with E-state index in [4.69, 9.17) is 16.3 Å². The van der Waals surface area contributed by atoms with E-state index in [1.54, 1.807) is 25.3 Å². The number of benzene rings is 2. The molecule has 0 saturated heterocycles. The second-order valence-electron chi connectivity index (χ2n) is 4.57. The molecular weight excluding hydrogens is 288 g/mol. The van der Waals surface area contributed by atoms with Gasteiger partial charge in [0.25, 0.3) is 5.91 Å². The Bertz CT molecular complexity index is 778. The Labute approximate surface area is 126 Å². The topological polar surface area (TPSA) is 54.1 Å². The van der Waals surface area contributed by atoms with Gasteiger partial charge in [-0.1, -0.05) is 29.8 Å². The number of halogens is 1. The molecule has 2 aromatic carbocycles. The highest BCUT2D eigenvalue weighted by molar-refractivity contribution is 6.31. The highest BCUT2D eigenvalue weighted by atomic mass is 35.5. The number of hydrogen-bond acceptors (Lipinski definition) is 2. The summed E-state index contributed by atoms with van der Waals surface area (Å²) in [6.07, 6.45) is 0. The van der Waals surface area contributed by atoms with E-state index in [9.17, 15) is 4.79 Å². The molecule has 106 valence electrons. The standard InChI is InChI=1S/C16H13ClN2O2/c1-21-15-7-6-11(17)9-13(15)19-16(20)14-8-10-4-2-3-5-12(10)18-14/h2-9,18H,1H3,(H,19,20). The Morgan fingerprint density at radius 3 is 2.76 bits per heavy atom. The monoisotopic (exact) mass is 300 g/mol. The summed E-state index contributed by atoms with van der Waals surface area (Å²) in [5.41, 5.74) is 1.94. The Kier molecular flexibility index (Phi) is 3.54. The number of fused-ring (bicyclic) bond motifs is 1. The van der Waals surface area contributed by atoms with Crippen molar-refractivity contribution in [3.63, 3.8) is 0 Å². The minimum atomic E-state index is -0.244. The van der Waals surface area contributed by atoms with E-state index in [0.717, 1.165) is 10.9 Å². The van der Waals surface area contributed by atoms with Crippen molar-refractivity contribution in [2.75, 3.05) is 12.4 Å². The van der Waals surface area contributed by atoms with Gasteiger partial charge in [-0.15, -0.1) is 0 Å². The number of carbonyl (C=O) groups is 1. The molecule has 0 fully saturated rings. The maximum atomic E-state index is 12.3. The first-order valence-corrected chi connectivity index (χ1v) is 6.78. The van der Waals surface area contributed by atoms with E-state index in [2.05, 4.69) is 10.3 Å². The Hall–Kier alpha value is -2.46. The van der Waals surface area contributed by atoms with Crippen LogP contribution in [0.3, 0.4) is 0 Å². The summed E-state index contributed by atoms with van der Waals surface area (Å²) in [7, 11) is 1.54. The maximum Gasteiger partial charge on any atom is 0.272 e. The minimum absolute atomic E-state index is 0.244. The smallest absolute Gasteiger partial charge is 0.272 e. The molecule has 2 N–H and O–H groups in total. The van der Waals surface area contributed by atoms with Gasteiger partial charge in [0, 0.05) is 15.9 Å². The van der Waals surface area contributed by atoms with Gasteiger partial charge in [-0.3, -0.25) is 4.79 Å². The molecule has 0 saturated carbocycles. The average Bonchev–Trinajstić information content (AvgIpc) is 2.91. The Balaban J connectivity index is 1.91. The first-order chi connectivity index (χ1) is 10.2. The number of amides is 1. The fourth-order valence-corrected chi connectivity index (χ4v) is 2.34. The first-order valence-electron chi connectivity index (χ1n) is 6.40. The molecule has 3 aromatic rings. The van der Waals surface area contributed by atoms with Crippen molar-refractivity contribution in [1.82, 2.24) is 4.98 Å². The summed E-state index contributed by atoms with van der Waals surface area (Å²) < 4.78 is 5.21. The third-order valence-electron chi connectivity index (χ3n) is 3.18. The molecule has 0 unspecified atom stereocenters. The lowest BCUT2D eigenvalue weighted by molar-refractivity contribution is 0.102. The number of nitrogens with one attached hydrogen (secondary N) is 2. The number of para-hydroxylation sites is 1. The van der Waals surface area contributed by atoms with Crippen LogP contribution >= 0.6 is 11.6 Å². The van der Waals surface area contributed by atoms with Crippen molar-refractivity contribution >= 4 is 34.1 Å². The van der Waals surface area contributed by atoms with Gasteiger partial charge in [-0.05, 0) is 30.3 Å². The molecule has 1 amide bonds. The lowest BCUT2D eigenvalue weighted by atomic mass is 10.2. The highest BCUT2D eigenvalue weighted by Gasteiger charge is 2.12. The Morgan fingerprint density at radius 1 is 1.19 bits per heavy atom. The summed E-state index contributed by atoms with van der Waals surface area (Å²) in [6.45, 7) is 0. The Morgan fingerprint density at radius 2 is 2.00 bits per heavy atom. The molecule has 0 spiro atoms. The van der Waals surface area contributed by atoms with Gasteiger partial charge < -0.3 is 15.0 Å². The van der Waals surface area contributed by atoms with E-state index in [1.807, 2.05) is 30.3 Å². The quantitative estimate of drug-likeness (QED) is 0.765. The molecule has 1 heterocycles. The van der Waals surface area contributed by atoms with Crippen LogP contribution in [0.25, 0.3) is 10.9 Å². The van der Waals surface area contributed by atoms with Crippen LogP contribution in [0.1, 0.15) is 10.5 Å². The molecule has 0 bridgehead atoms. The zero-order valence-corrected chi connectivity index (χ0v) is 12.1. The average molecular weight is 301 g/mol. The van der Waals surface area contributed by atoms with Gasteiger partial charge in [-0.2, -0.15) is 0 Å². The van der Waals surface area contributed by atoms with Gasteiger partial charge in [0.2, 0.25) is 0 Å². The van der Waals surface area contributed by atoms with Gasteiger partial charge >= 0.3 is 0 Å². The van der Waals surface area contributed by atoms with Crippen LogP contribution in [0, 0.1) is 0 Å². The van der Waals surface area contributed by atoms with Crippen molar-refractivity contribution < 1.29 is 9.53 Å². The molecule has 0 aliphatic rings. The van der Waals surface area contributed by atoms with Crippen LogP contribution in [0.2, 0.25) is 5.02 Å². The van der Waals surface area contributed by atoms with Crippen LogP contribution in [0.4, 0.5) is 5.69 Å². The van der Waals surface area contributed by atoms with Gasteiger partial charge in [-0.25, -0.2) is 0 Å². The zero-order chi connectivity index (χ0) is 14.8. The normalized spacial score (nSPS) is 10.6. The highest BCUT2D eigenvalue weighted by Crippen LogP contribution is 2.28. The molecule has 0 aliphatic heterocycles. The minimum Gasteiger partial charge on any atom is -0.495 e. The van der Waals surface area contributed by atoms with Crippen LogP contribution in [-0.2, 0) is 0 Å². The molecule has 0 aliphatic carbocycles. The fourth-order valence-electron chi connectivity index (χ4n) is 2.16. The predicted molar refractivity (Wildman–Crippen MR) is 84.3 cm³/mol. The van der Waals surface area contributed by atoms with Crippen LogP contribution in [0.15, 0.2) is 48.5 Å². The van der Waals surface area contributed by atoms with Crippen molar-refractivity contribution in [3.05, 3.63) is 59.2 Å². The summed E-state index contributed by atoms with van der Waals surface area (Å²) in [5.74, 6) is 0.315. The van der Waals surface area contributed by atoms with Crippen molar-refractivity contribution in [1.29, 1.82) is 0 Å². The van der Waals surface area contributed by atoms with E-state index < -0.39 is 0 Å². The SMILES string of the molecule is COc1ccc(Cl)cc1NC(=O)c1cc2ccccc2[nH]1. The van der Waals surface area contributed by atoms with Gasteiger partial charge in [0.05, 0.1) is 12.8 Å². The van der Waals surface area contributed by atoms with Crippen molar-refractivity contribution in [2.45, 2.75) is 0 Å². The summed E-state index contributed by atoms with van der Waals surface area (Å²) >= 11 is 5.95. The number of aromatic nitrogens is 1. The molecule has 0 atom stereocenters. The van der Waals surface area contributed by atoms with Gasteiger partial charge in [0.15, 0.2) is 0 Å². The van der Waals surface area contributed by atoms with E-state index >= 15 is 0 Å². The van der Waals surface area contributed by atoms with E-state index in [0.29, 0.717) is 22.2 Å². The van der Waals surface area contributed by atoms with Crippen LogP contribution < -0.4 is 10.1 Å². The van der Waals surface area contributed by atoms with Gasteiger partial charge in [0.1, 0.15) is 11.4 Å². The number of rotatable bonds is 3. The molecule has 3 rings (SSSR count). The molecule has 5 heteroatoms. The van der Waals surface area contributed by atoms with E-state index in [-0.39, 0.29) is 5.91 Å². The number of carbonyl (C=O) groups excluding carboxylic acids is 1. The van der Waals surface area contributed by atoms with Crippen LogP contribution in [0.5, 0.6) is 5.75 Å². The second kappa shape index (κ2) is 5.50. The molecule has 1 aromatic heterocycles. The van der Waals surface area contributed by atoms with Crippen molar-refractivity contribution in [2.24, 2.45) is 0 Å². The second-order valence-corrected chi connectivity index (χ2v) is 5.01. The zero-order valence-electron chi connectivity index (χ0n) is 11.3. The fraction of sp³-hybridized carbons (Fsp3) is 0.0625. The summed E-state index contributed by atoms with van der Waals surface area (Å²) in [4.78, 5) is 15.4. The number of aromatic amines is 1. The van der Waals surface area contributed by atoms with E-state index in [1.165, 1.54) is 0 Å². The number of hydrogen-bond donors (Lipinski definition) is 2. The molecule has 4 nitrogen and oxygen atoms in total. The number of ether oxygens (including phenoxy) is 1. The summed E-state index contributed by atoms with van der Waals surface area (Å²) in [5, 5.41) is 4.32. The first kappa shape index (κ1) is 13.5. The predicted octanol–water partition coefficient (Wildman–Crippen LogP) is 4.08. The third kappa shape index (κ3) is 2.71. The molecule has 0 radical (unpaired) electrons. The lowest BCUT2D eigenvalue weighted by Gasteiger charge is -2.09. The number of anilines is 1. The van der Waals surface area contributed by atoms with Crippen molar-refractivity contribution in [3.8, 4) is 5.75 Å².